The summed E-state index contributed by atoms with van der Waals surface area (Å²) in [4.78, 5) is 22.7. The van der Waals surface area contributed by atoms with Gasteiger partial charge in [0.1, 0.15) is 23.2 Å². The number of nitriles is 1. The summed E-state index contributed by atoms with van der Waals surface area (Å²) < 4.78 is 5.97. The summed E-state index contributed by atoms with van der Waals surface area (Å²) in [5.74, 6) is -0.0224. The molecule has 3 aromatic rings. The molecule has 0 saturated heterocycles. The SMILES string of the molecule is N#CC(=Cc1ccc(-c2cccc(Cl)c2Cl)o1)C(=O)Nc1ccc([N+](=O)[O-])cc1Br. The third-order valence-corrected chi connectivity index (χ3v) is 5.38. The zero-order valence-corrected chi connectivity index (χ0v) is 18.0. The quantitative estimate of drug-likeness (QED) is 0.184. The number of carbonyl (C=O) groups is 1. The van der Waals surface area contributed by atoms with Crippen molar-refractivity contribution < 1.29 is 14.1 Å². The van der Waals surface area contributed by atoms with Gasteiger partial charge in [0.05, 0.1) is 20.7 Å². The van der Waals surface area contributed by atoms with E-state index in [0.29, 0.717) is 25.8 Å². The molecule has 0 aliphatic heterocycles. The lowest BCUT2D eigenvalue weighted by atomic mass is 10.2. The van der Waals surface area contributed by atoms with Crippen LogP contribution in [0.5, 0.6) is 0 Å². The maximum absolute atomic E-state index is 12.5. The van der Waals surface area contributed by atoms with E-state index < -0.39 is 10.8 Å². The molecule has 0 aliphatic carbocycles. The number of furan rings is 1. The van der Waals surface area contributed by atoms with Gasteiger partial charge in [-0.3, -0.25) is 14.9 Å². The maximum atomic E-state index is 12.5. The van der Waals surface area contributed by atoms with Gasteiger partial charge in [-0.1, -0.05) is 29.3 Å². The van der Waals surface area contributed by atoms with Crippen LogP contribution in [0.15, 0.2) is 63.0 Å². The summed E-state index contributed by atoms with van der Waals surface area (Å²) >= 11 is 15.4. The number of nitrogens with one attached hydrogen (secondary N) is 1. The molecule has 10 heteroatoms. The van der Waals surface area contributed by atoms with Gasteiger partial charge in [0.25, 0.3) is 11.6 Å². The van der Waals surface area contributed by atoms with Crippen LogP contribution in [0.4, 0.5) is 11.4 Å². The van der Waals surface area contributed by atoms with Crippen LogP contribution in [0.3, 0.4) is 0 Å². The first kappa shape index (κ1) is 21.6. The van der Waals surface area contributed by atoms with E-state index in [1.807, 2.05) is 6.07 Å². The zero-order chi connectivity index (χ0) is 21.8. The molecule has 0 atom stereocenters. The molecule has 1 aromatic heterocycles. The Balaban J connectivity index is 1.83. The standard InChI is InChI=1S/C20H10BrCl2N3O4/c21-15-9-12(26(28)29)4-6-17(15)25-20(27)11(10-24)8-13-5-7-18(30-13)14-2-1-3-16(22)19(14)23/h1-9H,(H,25,27). The summed E-state index contributed by atoms with van der Waals surface area (Å²) in [6.45, 7) is 0. The monoisotopic (exact) mass is 505 g/mol. The highest BCUT2D eigenvalue weighted by Crippen LogP contribution is 2.34. The molecule has 1 heterocycles. The topological polar surface area (TPSA) is 109 Å². The number of halogens is 3. The van der Waals surface area contributed by atoms with Crippen molar-refractivity contribution in [1.29, 1.82) is 5.26 Å². The molecule has 2 aromatic carbocycles. The highest BCUT2D eigenvalue weighted by molar-refractivity contribution is 9.10. The molecule has 7 nitrogen and oxygen atoms in total. The molecule has 150 valence electrons. The molecule has 0 saturated carbocycles. The number of carbonyl (C=O) groups excluding carboxylic acids is 1. The van der Waals surface area contributed by atoms with E-state index in [0.717, 1.165) is 0 Å². The highest BCUT2D eigenvalue weighted by Gasteiger charge is 2.16. The Morgan fingerprint density at radius 3 is 2.67 bits per heavy atom. The number of non-ortho nitro benzene ring substituents is 1. The predicted molar refractivity (Wildman–Crippen MR) is 117 cm³/mol. The Hall–Kier alpha value is -3.12. The van der Waals surface area contributed by atoms with E-state index in [1.165, 1.54) is 24.3 Å². The lowest BCUT2D eigenvalue weighted by Crippen LogP contribution is -2.13. The minimum absolute atomic E-state index is 0.140. The molecule has 0 aliphatic rings. The number of benzene rings is 2. The largest absolute Gasteiger partial charge is 0.457 e. The Bertz CT molecular complexity index is 1230. The van der Waals surface area contributed by atoms with Crippen LogP contribution in [0.1, 0.15) is 5.76 Å². The van der Waals surface area contributed by atoms with Gasteiger partial charge in [-0.25, -0.2) is 0 Å². The Morgan fingerprint density at radius 1 is 1.23 bits per heavy atom. The van der Waals surface area contributed by atoms with Gasteiger partial charge < -0.3 is 9.73 Å². The van der Waals surface area contributed by atoms with Crippen molar-refractivity contribution >= 4 is 62.5 Å². The third kappa shape index (κ3) is 4.71. The van der Waals surface area contributed by atoms with E-state index >= 15 is 0 Å². The van der Waals surface area contributed by atoms with E-state index in [9.17, 15) is 20.2 Å². The smallest absolute Gasteiger partial charge is 0.270 e. The summed E-state index contributed by atoms with van der Waals surface area (Å²) in [6.07, 6.45) is 1.27. The number of amides is 1. The molecule has 0 fully saturated rings. The lowest BCUT2D eigenvalue weighted by Gasteiger charge is -2.06. The maximum Gasteiger partial charge on any atom is 0.270 e. The van der Waals surface area contributed by atoms with E-state index in [1.54, 1.807) is 30.3 Å². The van der Waals surface area contributed by atoms with Crippen LogP contribution in [0.2, 0.25) is 10.0 Å². The normalized spacial score (nSPS) is 11.1. The van der Waals surface area contributed by atoms with Crippen molar-refractivity contribution in [2.75, 3.05) is 5.32 Å². The van der Waals surface area contributed by atoms with E-state index in [4.69, 9.17) is 27.6 Å². The Kier molecular flexibility index (Phi) is 6.57. The molecule has 0 radical (unpaired) electrons. The predicted octanol–water partition coefficient (Wildman–Crippen LogP) is 6.47. The number of rotatable bonds is 5. The Morgan fingerprint density at radius 2 is 2.00 bits per heavy atom. The number of anilines is 1. The summed E-state index contributed by atoms with van der Waals surface area (Å²) in [7, 11) is 0. The van der Waals surface area contributed by atoms with Crippen LogP contribution in [0, 0.1) is 21.4 Å². The van der Waals surface area contributed by atoms with Crippen molar-refractivity contribution in [2.24, 2.45) is 0 Å². The first-order valence-electron chi connectivity index (χ1n) is 8.21. The average molecular weight is 507 g/mol. The van der Waals surface area contributed by atoms with Crippen molar-refractivity contribution in [3.63, 3.8) is 0 Å². The second-order valence-electron chi connectivity index (χ2n) is 5.85. The second kappa shape index (κ2) is 9.13. The lowest BCUT2D eigenvalue weighted by molar-refractivity contribution is -0.384. The van der Waals surface area contributed by atoms with Gasteiger partial charge in [0.15, 0.2) is 0 Å². The number of hydrogen-bond donors (Lipinski definition) is 1. The van der Waals surface area contributed by atoms with Crippen LogP contribution in [0.25, 0.3) is 17.4 Å². The molecule has 30 heavy (non-hydrogen) atoms. The zero-order valence-electron chi connectivity index (χ0n) is 14.9. The van der Waals surface area contributed by atoms with E-state index in [2.05, 4.69) is 21.2 Å². The number of nitro benzene ring substituents is 1. The summed E-state index contributed by atoms with van der Waals surface area (Å²) in [5, 5.41) is 23.4. The van der Waals surface area contributed by atoms with Gasteiger partial charge >= 0.3 is 0 Å². The average Bonchev–Trinajstić information content (AvgIpc) is 3.17. The molecule has 0 unspecified atom stereocenters. The van der Waals surface area contributed by atoms with Crippen LogP contribution >= 0.6 is 39.1 Å². The van der Waals surface area contributed by atoms with Crippen LogP contribution in [-0.4, -0.2) is 10.8 Å². The first-order valence-corrected chi connectivity index (χ1v) is 9.76. The number of nitro groups is 1. The van der Waals surface area contributed by atoms with Gasteiger partial charge in [0, 0.05) is 28.2 Å². The highest BCUT2D eigenvalue weighted by atomic mass is 79.9. The minimum atomic E-state index is -0.703. The summed E-state index contributed by atoms with van der Waals surface area (Å²) in [6, 6.07) is 14.0. The Labute approximate surface area is 188 Å². The molecule has 0 spiro atoms. The fourth-order valence-corrected chi connectivity index (χ4v) is 3.33. The van der Waals surface area contributed by atoms with Gasteiger partial charge in [0.2, 0.25) is 0 Å². The molecule has 1 amide bonds. The molecular weight excluding hydrogens is 497 g/mol. The summed E-state index contributed by atoms with van der Waals surface area (Å²) in [5.41, 5.74) is 0.483. The fraction of sp³-hybridized carbons (Fsp3) is 0. The molecule has 3 rings (SSSR count). The molecule has 0 bridgehead atoms. The van der Waals surface area contributed by atoms with Crippen LogP contribution in [-0.2, 0) is 4.79 Å². The number of hydrogen-bond acceptors (Lipinski definition) is 5. The molecular formula is C20H10BrCl2N3O4. The van der Waals surface area contributed by atoms with Crippen molar-refractivity contribution in [2.45, 2.75) is 0 Å². The van der Waals surface area contributed by atoms with Crippen molar-refractivity contribution in [3.05, 3.63) is 84.5 Å². The minimum Gasteiger partial charge on any atom is -0.457 e. The third-order valence-electron chi connectivity index (χ3n) is 3.91. The van der Waals surface area contributed by atoms with Gasteiger partial charge in [-0.05, 0) is 46.3 Å². The molecule has 1 N–H and O–H groups in total. The van der Waals surface area contributed by atoms with Crippen molar-refractivity contribution in [1.82, 2.24) is 0 Å². The van der Waals surface area contributed by atoms with Gasteiger partial charge in [-0.2, -0.15) is 5.26 Å². The fourth-order valence-electron chi connectivity index (χ4n) is 2.47. The second-order valence-corrected chi connectivity index (χ2v) is 7.49. The first-order chi connectivity index (χ1) is 14.3. The van der Waals surface area contributed by atoms with Gasteiger partial charge in [-0.15, -0.1) is 0 Å². The van der Waals surface area contributed by atoms with Crippen LogP contribution < -0.4 is 5.32 Å². The van der Waals surface area contributed by atoms with Crippen molar-refractivity contribution in [3.8, 4) is 17.4 Å². The number of nitrogens with zero attached hydrogens (tertiary/aromatic N) is 2. The van der Waals surface area contributed by atoms with E-state index in [-0.39, 0.29) is 22.7 Å².